The molecule has 0 aliphatic rings. The van der Waals surface area contributed by atoms with E-state index in [1.165, 1.54) is 6.92 Å². The fourth-order valence-electron chi connectivity index (χ4n) is 0.469. The average Bonchev–Trinajstić information content (AvgIpc) is 1.56. The van der Waals surface area contributed by atoms with E-state index in [1.807, 2.05) is 0 Å². The van der Waals surface area contributed by atoms with Crippen LogP contribution in [0.25, 0.3) is 0 Å². The summed E-state index contributed by atoms with van der Waals surface area (Å²) in [5.41, 5.74) is 0. The zero-order valence-electron chi connectivity index (χ0n) is 5.55. The van der Waals surface area contributed by atoms with Gasteiger partial charge in [-0.15, -0.1) is 0 Å². The van der Waals surface area contributed by atoms with Crippen molar-refractivity contribution in [2.45, 2.75) is 28.0 Å². The van der Waals surface area contributed by atoms with E-state index in [1.54, 1.807) is 38.5 Å². The van der Waals surface area contributed by atoms with Gasteiger partial charge in [0.1, 0.15) is 0 Å². The molecule has 11 heavy (non-hydrogen) atoms. The number of alkyl halides is 6. The van der Waals surface area contributed by atoms with Gasteiger partial charge in [0.05, 0.1) is 0 Å². The van der Waals surface area contributed by atoms with Gasteiger partial charge in [-0.25, -0.2) is 0 Å². The summed E-state index contributed by atoms with van der Waals surface area (Å²) in [6.07, 6.45) is -0.828. The molecule has 0 fully saturated rings. The molecule has 0 rings (SSSR count). The molecule has 0 aliphatic carbocycles. The SMILES string of the molecule is CC(I)CC(F)(F)C(F)(F)Br. The van der Waals surface area contributed by atoms with Crippen molar-refractivity contribution in [2.75, 3.05) is 0 Å². The third kappa shape index (κ3) is 3.91. The van der Waals surface area contributed by atoms with Crippen LogP contribution in [0.3, 0.4) is 0 Å². The van der Waals surface area contributed by atoms with Gasteiger partial charge in [-0.05, 0) is 15.9 Å². The number of rotatable bonds is 3. The molecule has 0 radical (unpaired) electrons. The molecule has 0 aromatic carbocycles. The summed E-state index contributed by atoms with van der Waals surface area (Å²) in [4.78, 5) is -4.10. The number of hydrogen-bond donors (Lipinski definition) is 0. The smallest absolute Gasteiger partial charge is 0.199 e. The van der Waals surface area contributed by atoms with E-state index in [0.717, 1.165) is 0 Å². The van der Waals surface area contributed by atoms with Crippen LogP contribution in [-0.4, -0.2) is 14.7 Å². The van der Waals surface area contributed by atoms with Crippen molar-refractivity contribution in [1.82, 2.24) is 0 Å². The fraction of sp³-hybridized carbons (Fsp3) is 1.00. The Morgan fingerprint density at radius 2 is 1.73 bits per heavy atom. The maximum Gasteiger partial charge on any atom is 0.363 e. The maximum absolute atomic E-state index is 12.4. The van der Waals surface area contributed by atoms with Gasteiger partial charge in [-0.1, -0.05) is 29.5 Å². The van der Waals surface area contributed by atoms with E-state index in [9.17, 15) is 17.6 Å². The highest BCUT2D eigenvalue weighted by Crippen LogP contribution is 2.43. The summed E-state index contributed by atoms with van der Waals surface area (Å²) < 4.78 is 48.3. The second-order valence-corrected chi connectivity index (χ2v) is 5.31. The lowest BCUT2D eigenvalue weighted by Crippen LogP contribution is -2.36. The Balaban J connectivity index is 4.22. The Bertz CT molecular complexity index is 131. The molecule has 0 saturated heterocycles. The van der Waals surface area contributed by atoms with E-state index in [0.29, 0.717) is 0 Å². The number of halogens is 6. The van der Waals surface area contributed by atoms with Crippen molar-refractivity contribution in [3.05, 3.63) is 0 Å². The lowest BCUT2D eigenvalue weighted by atomic mass is 10.2. The average molecular weight is 349 g/mol. The van der Waals surface area contributed by atoms with Crippen molar-refractivity contribution in [1.29, 1.82) is 0 Å². The Hall–Kier alpha value is 0.930. The van der Waals surface area contributed by atoms with Crippen LogP contribution in [0.4, 0.5) is 17.6 Å². The van der Waals surface area contributed by atoms with Gasteiger partial charge in [0, 0.05) is 10.3 Å². The molecule has 0 N–H and O–H groups in total. The second kappa shape index (κ2) is 3.76. The molecule has 0 saturated carbocycles. The van der Waals surface area contributed by atoms with Crippen molar-refractivity contribution in [3.63, 3.8) is 0 Å². The maximum atomic E-state index is 12.4. The Labute approximate surface area is 84.0 Å². The van der Waals surface area contributed by atoms with Crippen LogP contribution in [0.15, 0.2) is 0 Å². The fourth-order valence-corrected chi connectivity index (χ4v) is 1.18. The molecule has 0 aromatic rings. The summed E-state index contributed by atoms with van der Waals surface area (Å²) >= 11 is 3.32. The van der Waals surface area contributed by atoms with Crippen LogP contribution < -0.4 is 0 Å². The first-order valence-corrected chi connectivity index (χ1v) is 4.79. The van der Waals surface area contributed by atoms with Gasteiger partial charge < -0.3 is 0 Å². The molecule has 0 nitrogen and oxygen atoms in total. The van der Waals surface area contributed by atoms with Gasteiger partial charge in [0.2, 0.25) is 0 Å². The third-order valence-electron chi connectivity index (χ3n) is 0.952. The summed E-state index contributed by atoms with van der Waals surface area (Å²) in [5.74, 6) is -3.96. The highest BCUT2D eigenvalue weighted by Gasteiger charge is 2.54. The monoisotopic (exact) mass is 348 g/mol. The van der Waals surface area contributed by atoms with Crippen LogP contribution in [0.2, 0.25) is 0 Å². The normalized spacial score (nSPS) is 16.6. The third-order valence-corrected chi connectivity index (χ3v) is 1.97. The molecule has 0 amide bonds. The minimum atomic E-state index is -4.10. The van der Waals surface area contributed by atoms with E-state index in [2.05, 4.69) is 0 Å². The quantitative estimate of drug-likeness (QED) is 0.413. The molecular weight excluding hydrogens is 343 g/mol. The summed E-state index contributed by atoms with van der Waals surface area (Å²) in [6, 6.07) is 0. The second-order valence-electron chi connectivity index (χ2n) is 2.19. The van der Waals surface area contributed by atoms with Gasteiger partial charge in [0.15, 0.2) is 0 Å². The molecule has 1 unspecified atom stereocenters. The van der Waals surface area contributed by atoms with Crippen LogP contribution in [0.1, 0.15) is 13.3 Å². The largest absolute Gasteiger partial charge is 0.363 e. The first kappa shape index (κ1) is 11.9. The molecule has 0 bridgehead atoms. The van der Waals surface area contributed by atoms with E-state index in [4.69, 9.17) is 0 Å². The van der Waals surface area contributed by atoms with Crippen LogP contribution in [0, 0.1) is 0 Å². The molecule has 68 valence electrons. The van der Waals surface area contributed by atoms with Gasteiger partial charge in [0.25, 0.3) is 0 Å². The lowest BCUT2D eigenvalue weighted by Gasteiger charge is -2.22. The van der Waals surface area contributed by atoms with E-state index in [-0.39, 0.29) is 0 Å². The van der Waals surface area contributed by atoms with Crippen molar-refractivity contribution < 1.29 is 17.6 Å². The predicted octanol–water partition coefficient (Wildman–Crippen LogP) is 3.82. The standard InChI is InChI=1S/C5H6BrF4I/c1-3(11)2-4(7,8)5(6,9)10/h3H,2H2,1H3. The molecule has 0 aromatic heterocycles. The van der Waals surface area contributed by atoms with Crippen molar-refractivity contribution in [2.24, 2.45) is 0 Å². The van der Waals surface area contributed by atoms with Gasteiger partial charge in [-0.3, -0.25) is 0 Å². The summed E-state index contributed by atoms with van der Waals surface area (Å²) in [5, 5.41) is 0. The van der Waals surface area contributed by atoms with E-state index < -0.39 is 21.1 Å². The van der Waals surface area contributed by atoms with Gasteiger partial charge >= 0.3 is 10.8 Å². The summed E-state index contributed by atoms with van der Waals surface area (Å²) in [7, 11) is 0. The predicted molar refractivity (Wildman–Crippen MR) is 46.9 cm³/mol. The van der Waals surface area contributed by atoms with Crippen LogP contribution in [0.5, 0.6) is 0 Å². The van der Waals surface area contributed by atoms with E-state index >= 15 is 0 Å². The molecule has 1 atom stereocenters. The molecule has 0 aliphatic heterocycles. The number of hydrogen-bond acceptors (Lipinski definition) is 0. The van der Waals surface area contributed by atoms with Gasteiger partial charge in [-0.2, -0.15) is 17.6 Å². The Morgan fingerprint density at radius 3 is 1.82 bits per heavy atom. The first-order chi connectivity index (χ1) is 4.67. The highest BCUT2D eigenvalue weighted by atomic mass is 127. The highest BCUT2D eigenvalue weighted by molar-refractivity contribution is 14.1. The topological polar surface area (TPSA) is 0 Å². The molecular formula is C5H6BrF4I. The zero-order valence-corrected chi connectivity index (χ0v) is 9.30. The first-order valence-electron chi connectivity index (χ1n) is 2.75. The van der Waals surface area contributed by atoms with Crippen molar-refractivity contribution >= 4 is 38.5 Å². The van der Waals surface area contributed by atoms with Crippen molar-refractivity contribution in [3.8, 4) is 0 Å². The Morgan fingerprint density at radius 1 is 1.36 bits per heavy atom. The molecule has 0 heterocycles. The minimum Gasteiger partial charge on any atom is -0.199 e. The zero-order chi connectivity index (χ0) is 9.28. The molecule has 6 heteroatoms. The van der Waals surface area contributed by atoms with Crippen LogP contribution in [-0.2, 0) is 0 Å². The summed E-state index contributed by atoms with van der Waals surface area (Å²) in [6.45, 7) is 1.45. The van der Waals surface area contributed by atoms with Crippen LogP contribution >= 0.6 is 38.5 Å². The molecule has 0 spiro atoms. The Kier molecular flexibility index (Phi) is 4.08. The minimum absolute atomic E-state index is 0.481. The lowest BCUT2D eigenvalue weighted by molar-refractivity contribution is -0.149.